The summed E-state index contributed by atoms with van der Waals surface area (Å²) in [6.07, 6.45) is 0.449. The predicted molar refractivity (Wildman–Crippen MR) is 101 cm³/mol. The van der Waals surface area contributed by atoms with Gasteiger partial charge in [0.1, 0.15) is 18.5 Å². The lowest BCUT2D eigenvalue weighted by molar-refractivity contribution is -0.118. The number of β-amino-alcohol motifs (C(OH)–C–C–N with tert-alkyl or cyclic N) is 1. The van der Waals surface area contributed by atoms with Gasteiger partial charge in [-0.2, -0.15) is 5.26 Å². The smallest absolute Gasteiger partial charge is 0.324 e. The highest BCUT2D eigenvalue weighted by Gasteiger charge is 2.36. The van der Waals surface area contributed by atoms with Gasteiger partial charge in [-0.25, -0.2) is 4.79 Å². The summed E-state index contributed by atoms with van der Waals surface area (Å²) in [7, 11) is 0. The molecule has 0 saturated carbocycles. The first kappa shape index (κ1) is 20.1. The molecule has 1 aromatic rings. The maximum atomic E-state index is 12.1. The molecule has 0 aromatic heterocycles. The molecule has 3 amide bonds. The number of rotatable bonds is 5. The quantitative estimate of drug-likeness (QED) is 0.776. The Balaban J connectivity index is 1.44. The third-order valence-electron chi connectivity index (χ3n) is 5.12. The zero-order valence-corrected chi connectivity index (χ0v) is 16.0. The number of amides is 3. The number of fused-ring (bicyclic) bond motifs is 2. The van der Waals surface area contributed by atoms with Crippen molar-refractivity contribution >= 4 is 11.9 Å². The number of likely N-dealkylation sites (tertiary alicyclic amines) is 2. The van der Waals surface area contributed by atoms with Crippen LogP contribution in [0.4, 0.5) is 4.79 Å². The Morgan fingerprint density at radius 3 is 2.46 bits per heavy atom. The molecule has 0 spiro atoms. The van der Waals surface area contributed by atoms with E-state index in [0.717, 1.165) is 19.5 Å². The second-order valence-corrected chi connectivity index (χ2v) is 7.68. The van der Waals surface area contributed by atoms with Crippen LogP contribution in [-0.4, -0.2) is 72.3 Å². The summed E-state index contributed by atoms with van der Waals surface area (Å²) in [5.41, 5.74) is 0.568. The van der Waals surface area contributed by atoms with Crippen LogP contribution in [0.3, 0.4) is 0 Å². The summed E-state index contributed by atoms with van der Waals surface area (Å²) in [5, 5.41) is 21.5. The van der Waals surface area contributed by atoms with Crippen molar-refractivity contribution in [2.24, 2.45) is 11.8 Å². The third-order valence-corrected chi connectivity index (χ3v) is 5.12. The highest BCUT2D eigenvalue weighted by atomic mass is 16.5. The molecule has 2 N–H and O–H groups in total. The van der Waals surface area contributed by atoms with Gasteiger partial charge in [-0.3, -0.25) is 15.0 Å². The van der Waals surface area contributed by atoms with Crippen molar-refractivity contribution in [3.63, 3.8) is 0 Å². The van der Waals surface area contributed by atoms with Gasteiger partial charge in [-0.15, -0.1) is 0 Å². The maximum absolute atomic E-state index is 12.1. The van der Waals surface area contributed by atoms with E-state index in [1.165, 1.54) is 6.92 Å². The standard InChI is InChI=1S/C20H26N4O4/c1-14(25)22-20(27)24-10-16-6-17(11-24)9-23(8-16)12-18(26)13-28-19-4-2-15(7-21)3-5-19/h2-5,16-18,26H,6,8-13H2,1H3,(H,22,25,27)/t16?,17?,18-/m1/s1. The topological polar surface area (TPSA) is 106 Å². The van der Waals surface area contributed by atoms with E-state index in [9.17, 15) is 14.7 Å². The summed E-state index contributed by atoms with van der Waals surface area (Å²) >= 11 is 0. The Hall–Kier alpha value is -2.63. The average molecular weight is 386 g/mol. The van der Waals surface area contributed by atoms with Crippen LogP contribution in [0.1, 0.15) is 18.9 Å². The lowest BCUT2D eigenvalue weighted by Crippen LogP contribution is -2.57. The number of aliphatic hydroxyl groups is 1. The van der Waals surface area contributed by atoms with E-state index in [-0.39, 0.29) is 18.5 Å². The van der Waals surface area contributed by atoms with Crippen molar-refractivity contribution in [1.82, 2.24) is 15.1 Å². The molecule has 0 aliphatic carbocycles. The fourth-order valence-electron chi connectivity index (χ4n) is 4.10. The predicted octanol–water partition coefficient (Wildman–Crippen LogP) is 0.808. The number of carbonyl (C=O) groups is 2. The Labute approximate surface area is 164 Å². The molecule has 0 radical (unpaired) electrons. The summed E-state index contributed by atoms with van der Waals surface area (Å²) in [6, 6.07) is 8.54. The van der Waals surface area contributed by atoms with Crippen molar-refractivity contribution in [1.29, 1.82) is 5.26 Å². The third kappa shape index (κ3) is 5.44. The molecular weight excluding hydrogens is 360 g/mol. The largest absolute Gasteiger partial charge is 0.491 e. The SMILES string of the molecule is CC(=O)NC(=O)N1CC2CC(CN(C[C@@H](O)COc3ccc(C#N)cc3)C2)C1. The monoisotopic (exact) mass is 386 g/mol. The Morgan fingerprint density at radius 1 is 1.25 bits per heavy atom. The number of hydrogen-bond acceptors (Lipinski definition) is 6. The Morgan fingerprint density at radius 2 is 1.89 bits per heavy atom. The summed E-state index contributed by atoms with van der Waals surface area (Å²) in [6.45, 7) is 4.93. The molecule has 2 aliphatic heterocycles. The summed E-state index contributed by atoms with van der Waals surface area (Å²) in [4.78, 5) is 27.1. The second-order valence-electron chi connectivity index (χ2n) is 7.68. The van der Waals surface area contributed by atoms with Gasteiger partial charge in [0, 0.05) is 39.6 Å². The number of nitrogens with one attached hydrogen (secondary N) is 1. The lowest BCUT2D eigenvalue weighted by atomic mass is 9.84. The molecule has 2 heterocycles. The molecule has 28 heavy (non-hydrogen) atoms. The van der Waals surface area contributed by atoms with Crippen molar-refractivity contribution in [3.05, 3.63) is 29.8 Å². The molecular formula is C20H26N4O4. The fourth-order valence-corrected chi connectivity index (χ4v) is 4.10. The van der Waals surface area contributed by atoms with E-state index in [2.05, 4.69) is 16.3 Å². The number of urea groups is 1. The van der Waals surface area contributed by atoms with Crippen LogP contribution in [-0.2, 0) is 4.79 Å². The normalized spacial score (nSPS) is 22.8. The molecule has 2 aliphatic rings. The van der Waals surface area contributed by atoms with E-state index in [1.54, 1.807) is 29.2 Å². The number of aliphatic hydroxyl groups excluding tert-OH is 1. The average Bonchev–Trinajstić information content (AvgIpc) is 2.65. The van der Waals surface area contributed by atoms with Crippen molar-refractivity contribution < 1.29 is 19.4 Å². The highest BCUT2D eigenvalue weighted by Crippen LogP contribution is 2.28. The van der Waals surface area contributed by atoms with Gasteiger partial charge in [-0.1, -0.05) is 0 Å². The van der Waals surface area contributed by atoms with E-state index >= 15 is 0 Å². The number of benzene rings is 1. The molecule has 8 heteroatoms. The first-order valence-electron chi connectivity index (χ1n) is 9.52. The van der Waals surface area contributed by atoms with Crippen LogP contribution in [0.25, 0.3) is 0 Å². The van der Waals surface area contributed by atoms with Crippen LogP contribution in [0.2, 0.25) is 0 Å². The number of nitriles is 1. The second kappa shape index (κ2) is 9.04. The number of imide groups is 1. The van der Waals surface area contributed by atoms with Crippen LogP contribution >= 0.6 is 0 Å². The highest BCUT2D eigenvalue weighted by molar-refractivity contribution is 5.93. The molecule has 2 unspecified atom stereocenters. The van der Waals surface area contributed by atoms with Gasteiger partial charge in [0.2, 0.25) is 5.91 Å². The summed E-state index contributed by atoms with van der Waals surface area (Å²) in [5.74, 6) is 0.974. The van der Waals surface area contributed by atoms with Crippen LogP contribution in [0.15, 0.2) is 24.3 Å². The number of hydrogen-bond donors (Lipinski definition) is 2. The molecule has 2 fully saturated rings. The Bertz CT molecular complexity index is 732. The lowest BCUT2D eigenvalue weighted by Gasteiger charge is -2.46. The number of ether oxygens (including phenoxy) is 1. The Kier molecular flexibility index (Phi) is 6.49. The van der Waals surface area contributed by atoms with Crippen molar-refractivity contribution in [2.75, 3.05) is 39.3 Å². The number of carbonyl (C=O) groups excluding carboxylic acids is 2. The minimum Gasteiger partial charge on any atom is -0.491 e. The first-order valence-corrected chi connectivity index (χ1v) is 9.52. The minimum atomic E-state index is -0.619. The van der Waals surface area contributed by atoms with Gasteiger partial charge in [0.25, 0.3) is 0 Å². The minimum absolute atomic E-state index is 0.185. The molecule has 2 bridgehead atoms. The van der Waals surface area contributed by atoms with Gasteiger partial charge >= 0.3 is 6.03 Å². The van der Waals surface area contributed by atoms with Crippen LogP contribution < -0.4 is 10.1 Å². The van der Waals surface area contributed by atoms with Gasteiger partial charge in [0.15, 0.2) is 0 Å². The van der Waals surface area contributed by atoms with Crippen LogP contribution in [0.5, 0.6) is 5.75 Å². The first-order chi connectivity index (χ1) is 13.4. The van der Waals surface area contributed by atoms with E-state index < -0.39 is 6.10 Å². The molecule has 1 aromatic carbocycles. The van der Waals surface area contributed by atoms with Crippen molar-refractivity contribution in [3.8, 4) is 11.8 Å². The van der Waals surface area contributed by atoms with Gasteiger partial charge in [0.05, 0.1) is 11.6 Å². The van der Waals surface area contributed by atoms with E-state index in [0.29, 0.717) is 42.8 Å². The number of piperidine rings is 2. The number of nitrogens with zero attached hydrogens (tertiary/aromatic N) is 3. The molecule has 3 atom stereocenters. The van der Waals surface area contributed by atoms with Gasteiger partial charge < -0.3 is 14.7 Å². The molecule has 150 valence electrons. The van der Waals surface area contributed by atoms with Gasteiger partial charge in [-0.05, 0) is 42.5 Å². The van der Waals surface area contributed by atoms with E-state index in [1.807, 2.05) is 0 Å². The van der Waals surface area contributed by atoms with Crippen LogP contribution in [0, 0.1) is 23.2 Å². The molecule has 2 saturated heterocycles. The zero-order chi connectivity index (χ0) is 20.1. The fraction of sp³-hybridized carbons (Fsp3) is 0.550. The van der Waals surface area contributed by atoms with E-state index in [4.69, 9.17) is 10.00 Å². The molecule has 8 nitrogen and oxygen atoms in total. The maximum Gasteiger partial charge on any atom is 0.324 e. The summed E-state index contributed by atoms with van der Waals surface area (Å²) < 4.78 is 5.61. The zero-order valence-electron chi connectivity index (χ0n) is 16.0. The van der Waals surface area contributed by atoms with Crippen molar-refractivity contribution in [2.45, 2.75) is 19.4 Å². The molecule has 3 rings (SSSR count).